The van der Waals surface area contributed by atoms with Crippen LogP contribution in [0.4, 0.5) is 0 Å². The fourth-order valence-electron chi connectivity index (χ4n) is 0.952. The zero-order valence-electron chi connectivity index (χ0n) is 5.53. The normalized spacial score (nSPS) is 10.7. The molecule has 0 aromatic carbocycles. The highest BCUT2D eigenvalue weighted by Crippen LogP contribution is 2.23. The van der Waals surface area contributed by atoms with Gasteiger partial charge in [-0.1, -0.05) is 11.6 Å². The van der Waals surface area contributed by atoms with Gasteiger partial charge in [0, 0.05) is 11.1 Å². The van der Waals surface area contributed by atoms with Gasteiger partial charge in [0.25, 0.3) is 0 Å². The zero-order valence-corrected chi connectivity index (χ0v) is 7.18. The van der Waals surface area contributed by atoms with E-state index in [9.17, 15) is 0 Å². The number of fused-ring (bicyclic) bond motifs is 1. The van der Waals surface area contributed by atoms with E-state index in [1.165, 1.54) is 0 Å². The van der Waals surface area contributed by atoms with Gasteiger partial charge in [0.15, 0.2) is 0 Å². The predicted octanol–water partition coefficient (Wildman–Crippen LogP) is 2.28. The molecule has 0 radical (unpaired) electrons. The molecule has 0 aliphatic carbocycles. The SMILES string of the molecule is Sc1ccn2nccc2c1Cl. The van der Waals surface area contributed by atoms with Crippen LogP contribution in [0.3, 0.4) is 0 Å². The molecule has 2 heterocycles. The maximum absolute atomic E-state index is 5.93. The van der Waals surface area contributed by atoms with Crippen molar-refractivity contribution in [3.63, 3.8) is 0 Å². The van der Waals surface area contributed by atoms with E-state index in [-0.39, 0.29) is 0 Å². The average molecular weight is 185 g/mol. The highest BCUT2D eigenvalue weighted by atomic mass is 35.5. The minimum atomic E-state index is 0.647. The van der Waals surface area contributed by atoms with Gasteiger partial charge < -0.3 is 0 Å². The largest absolute Gasteiger partial charge is 0.239 e. The third-order valence-corrected chi connectivity index (χ3v) is 2.40. The fraction of sp³-hybridized carbons (Fsp3) is 0. The number of aromatic nitrogens is 2. The third-order valence-electron chi connectivity index (χ3n) is 1.49. The Balaban J connectivity index is 2.93. The molecule has 0 N–H and O–H groups in total. The zero-order chi connectivity index (χ0) is 7.84. The quantitative estimate of drug-likeness (QED) is 0.622. The number of halogens is 1. The number of nitrogens with zero attached hydrogens (tertiary/aromatic N) is 2. The monoisotopic (exact) mass is 184 g/mol. The molecule has 0 aliphatic heterocycles. The Morgan fingerprint density at radius 2 is 2.27 bits per heavy atom. The van der Waals surface area contributed by atoms with Crippen LogP contribution < -0.4 is 0 Å². The second-order valence-electron chi connectivity index (χ2n) is 2.18. The first kappa shape index (κ1) is 7.00. The molecule has 0 spiro atoms. The number of hydrogen-bond donors (Lipinski definition) is 1. The van der Waals surface area contributed by atoms with E-state index in [4.69, 9.17) is 11.6 Å². The molecule has 2 rings (SSSR count). The molecule has 0 aliphatic rings. The molecular weight excluding hydrogens is 180 g/mol. The van der Waals surface area contributed by atoms with Crippen LogP contribution >= 0.6 is 24.2 Å². The van der Waals surface area contributed by atoms with Crippen LogP contribution in [-0.2, 0) is 0 Å². The highest BCUT2D eigenvalue weighted by molar-refractivity contribution is 7.80. The Labute approximate surface area is 74.2 Å². The summed E-state index contributed by atoms with van der Waals surface area (Å²) in [6.45, 7) is 0. The first-order valence-corrected chi connectivity index (χ1v) is 3.92. The fourth-order valence-corrected chi connectivity index (χ4v) is 1.35. The van der Waals surface area contributed by atoms with Gasteiger partial charge >= 0.3 is 0 Å². The lowest BCUT2D eigenvalue weighted by atomic mass is 10.4. The third kappa shape index (κ3) is 1.01. The summed E-state index contributed by atoms with van der Waals surface area (Å²) in [4.78, 5) is 0.777. The van der Waals surface area contributed by atoms with Crippen molar-refractivity contribution >= 4 is 29.7 Å². The molecule has 0 bridgehead atoms. The van der Waals surface area contributed by atoms with E-state index in [1.807, 2.05) is 18.3 Å². The van der Waals surface area contributed by atoms with Crippen molar-refractivity contribution in [2.24, 2.45) is 0 Å². The van der Waals surface area contributed by atoms with Crippen LogP contribution in [0.2, 0.25) is 5.02 Å². The van der Waals surface area contributed by atoms with Gasteiger partial charge in [0.2, 0.25) is 0 Å². The summed E-state index contributed by atoms with van der Waals surface area (Å²) < 4.78 is 1.71. The van der Waals surface area contributed by atoms with E-state index >= 15 is 0 Å². The molecule has 2 nitrogen and oxygen atoms in total. The van der Waals surface area contributed by atoms with Gasteiger partial charge in [-0.15, -0.1) is 12.6 Å². The highest BCUT2D eigenvalue weighted by Gasteiger charge is 2.01. The molecule has 0 saturated carbocycles. The molecular formula is C7H5ClN2S. The molecule has 2 aromatic heterocycles. The minimum Gasteiger partial charge on any atom is -0.239 e. The second-order valence-corrected chi connectivity index (χ2v) is 3.04. The summed E-state index contributed by atoms with van der Waals surface area (Å²) in [6.07, 6.45) is 3.53. The van der Waals surface area contributed by atoms with Crippen LogP contribution in [0.25, 0.3) is 5.52 Å². The van der Waals surface area contributed by atoms with E-state index in [0.29, 0.717) is 5.02 Å². The second kappa shape index (κ2) is 2.43. The molecule has 0 fully saturated rings. The van der Waals surface area contributed by atoms with Crippen molar-refractivity contribution in [3.8, 4) is 0 Å². The lowest BCUT2D eigenvalue weighted by molar-refractivity contribution is 0.954. The summed E-state index contributed by atoms with van der Waals surface area (Å²) in [5.41, 5.74) is 0.888. The Kier molecular flexibility index (Phi) is 1.55. The number of rotatable bonds is 0. The lowest BCUT2D eigenvalue weighted by Crippen LogP contribution is -1.85. The summed E-state index contributed by atoms with van der Waals surface area (Å²) in [5.74, 6) is 0. The minimum absolute atomic E-state index is 0.647. The van der Waals surface area contributed by atoms with Gasteiger partial charge in [-0.2, -0.15) is 5.10 Å². The van der Waals surface area contributed by atoms with Crippen molar-refractivity contribution in [2.75, 3.05) is 0 Å². The van der Waals surface area contributed by atoms with Crippen LogP contribution in [0.5, 0.6) is 0 Å². The standard InChI is InChI=1S/C7H5ClN2S/c8-7-5-1-3-9-10(5)4-2-6(7)11/h1-4,11H. The molecule has 2 aromatic rings. The van der Waals surface area contributed by atoms with Gasteiger partial charge in [-0.05, 0) is 12.1 Å². The lowest BCUT2D eigenvalue weighted by Gasteiger charge is -1.97. The molecule has 56 valence electrons. The van der Waals surface area contributed by atoms with Crippen LogP contribution in [-0.4, -0.2) is 9.61 Å². The first-order chi connectivity index (χ1) is 5.29. The maximum Gasteiger partial charge on any atom is 0.0859 e. The molecule has 11 heavy (non-hydrogen) atoms. The smallest absolute Gasteiger partial charge is 0.0859 e. The Morgan fingerprint density at radius 1 is 1.45 bits per heavy atom. The van der Waals surface area contributed by atoms with Crippen molar-refractivity contribution in [1.29, 1.82) is 0 Å². The molecule has 0 amide bonds. The van der Waals surface area contributed by atoms with Crippen LogP contribution in [0.1, 0.15) is 0 Å². The Hall–Kier alpha value is -0.670. The predicted molar refractivity (Wildman–Crippen MR) is 47.5 cm³/mol. The first-order valence-electron chi connectivity index (χ1n) is 3.10. The van der Waals surface area contributed by atoms with Gasteiger partial charge in [-0.25, -0.2) is 4.52 Å². The summed E-state index contributed by atoms with van der Waals surface area (Å²) in [7, 11) is 0. The molecule has 0 atom stereocenters. The molecule has 4 heteroatoms. The van der Waals surface area contributed by atoms with Crippen molar-refractivity contribution < 1.29 is 0 Å². The van der Waals surface area contributed by atoms with E-state index in [2.05, 4.69) is 17.7 Å². The maximum atomic E-state index is 5.93. The topological polar surface area (TPSA) is 17.3 Å². The Morgan fingerprint density at radius 3 is 3.09 bits per heavy atom. The molecule has 0 unspecified atom stereocenters. The van der Waals surface area contributed by atoms with Crippen molar-refractivity contribution in [1.82, 2.24) is 9.61 Å². The van der Waals surface area contributed by atoms with E-state index < -0.39 is 0 Å². The summed E-state index contributed by atoms with van der Waals surface area (Å²) >= 11 is 10.1. The Bertz CT molecular complexity index is 396. The van der Waals surface area contributed by atoms with Crippen LogP contribution in [0.15, 0.2) is 29.4 Å². The average Bonchev–Trinajstić information content (AvgIpc) is 2.45. The van der Waals surface area contributed by atoms with Crippen LogP contribution in [0, 0.1) is 0 Å². The van der Waals surface area contributed by atoms with E-state index in [1.54, 1.807) is 10.7 Å². The van der Waals surface area contributed by atoms with Crippen molar-refractivity contribution in [3.05, 3.63) is 29.5 Å². The van der Waals surface area contributed by atoms with Gasteiger partial charge in [0.05, 0.1) is 16.7 Å². The summed E-state index contributed by atoms with van der Waals surface area (Å²) in [6, 6.07) is 3.66. The number of pyridine rings is 1. The summed E-state index contributed by atoms with van der Waals surface area (Å²) in [5, 5.41) is 4.67. The number of hydrogen-bond acceptors (Lipinski definition) is 2. The van der Waals surface area contributed by atoms with Crippen molar-refractivity contribution in [2.45, 2.75) is 4.90 Å². The van der Waals surface area contributed by atoms with Gasteiger partial charge in [-0.3, -0.25) is 0 Å². The number of thiol groups is 1. The van der Waals surface area contributed by atoms with E-state index in [0.717, 1.165) is 10.4 Å². The van der Waals surface area contributed by atoms with Gasteiger partial charge in [0.1, 0.15) is 0 Å². The molecule has 0 saturated heterocycles.